The Balaban J connectivity index is 1.41. The van der Waals surface area contributed by atoms with Crippen molar-refractivity contribution >= 4 is 5.95 Å². The molecule has 2 saturated heterocycles. The zero-order valence-electron chi connectivity index (χ0n) is 15.3. The number of nitrogens with one attached hydrogen (secondary N) is 1. The van der Waals surface area contributed by atoms with Gasteiger partial charge in [-0.2, -0.15) is 0 Å². The van der Waals surface area contributed by atoms with Crippen LogP contribution in [0.25, 0.3) is 0 Å². The number of H-pyrrole nitrogens is 1. The lowest BCUT2D eigenvalue weighted by Gasteiger charge is -2.32. The number of hydrogen-bond acceptors (Lipinski definition) is 6. The summed E-state index contributed by atoms with van der Waals surface area (Å²) in [5.74, 6) is 1.86. The van der Waals surface area contributed by atoms with Crippen LogP contribution in [0.3, 0.4) is 0 Å². The van der Waals surface area contributed by atoms with Crippen molar-refractivity contribution in [3.8, 4) is 0 Å². The van der Waals surface area contributed by atoms with Gasteiger partial charge in [0.2, 0.25) is 5.95 Å². The van der Waals surface area contributed by atoms with Crippen molar-refractivity contribution in [2.75, 3.05) is 31.1 Å². The van der Waals surface area contributed by atoms with Gasteiger partial charge in [0.15, 0.2) is 0 Å². The van der Waals surface area contributed by atoms with Crippen LogP contribution in [-0.2, 0) is 6.54 Å². The van der Waals surface area contributed by atoms with E-state index in [1.54, 1.807) is 6.07 Å². The molecule has 4 heterocycles. The van der Waals surface area contributed by atoms with Crippen LogP contribution in [0.15, 0.2) is 23.3 Å². The van der Waals surface area contributed by atoms with Crippen molar-refractivity contribution in [1.29, 1.82) is 0 Å². The molecule has 2 aliphatic heterocycles. The second-order valence-electron chi connectivity index (χ2n) is 7.42. The largest absolute Gasteiger partial charge is 0.341 e. The van der Waals surface area contributed by atoms with Gasteiger partial charge in [-0.25, -0.2) is 15.0 Å². The lowest BCUT2D eigenvalue weighted by atomic mass is 9.94. The first-order chi connectivity index (χ1) is 12.7. The lowest BCUT2D eigenvalue weighted by molar-refractivity contribution is 0.198. The summed E-state index contributed by atoms with van der Waals surface area (Å²) in [7, 11) is 0. The molecule has 2 aliphatic rings. The van der Waals surface area contributed by atoms with Crippen LogP contribution in [-0.4, -0.2) is 51.0 Å². The third-order valence-corrected chi connectivity index (χ3v) is 5.29. The number of rotatable bonds is 4. The summed E-state index contributed by atoms with van der Waals surface area (Å²) < 4.78 is 0. The second kappa shape index (κ2) is 7.53. The monoisotopic (exact) mass is 354 g/mol. The van der Waals surface area contributed by atoms with E-state index in [0.29, 0.717) is 11.7 Å². The summed E-state index contributed by atoms with van der Waals surface area (Å²) in [6, 6.07) is 1.65. The molecule has 0 amide bonds. The van der Waals surface area contributed by atoms with Gasteiger partial charge in [0.1, 0.15) is 5.82 Å². The number of piperidine rings is 1. The van der Waals surface area contributed by atoms with Crippen LogP contribution < -0.4 is 10.5 Å². The zero-order valence-corrected chi connectivity index (χ0v) is 15.3. The van der Waals surface area contributed by atoms with E-state index in [1.165, 1.54) is 12.8 Å². The SMILES string of the molecule is Cc1nc(C2CCCN(Cc3cnc(N4CCCC4)nc3)C2)cc(=O)[nH]1. The van der Waals surface area contributed by atoms with E-state index in [9.17, 15) is 4.79 Å². The highest BCUT2D eigenvalue weighted by molar-refractivity contribution is 5.31. The summed E-state index contributed by atoms with van der Waals surface area (Å²) in [4.78, 5) is 32.8. The fourth-order valence-corrected chi connectivity index (χ4v) is 4.02. The molecule has 138 valence electrons. The molecule has 2 fully saturated rings. The van der Waals surface area contributed by atoms with Crippen LogP contribution in [0.5, 0.6) is 0 Å². The normalized spacial score (nSPS) is 21.3. The van der Waals surface area contributed by atoms with E-state index in [1.807, 2.05) is 19.3 Å². The van der Waals surface area contributed by atoms with Crippen molar-refractivity contribution < 1.29 is 0 Å². The zero-order chi connectivity index (χ0) is 17.9. The summed E-state index contributed by atoms with van der Waals surface area (Å²) >= 11 is 0. The van der Waals surface area contributed by atoms with Crippen LogP contribution in [0.2, 0.25) is 0 Å². The molecule has 2 aromatic heterocycles. The molecule has 4 rings (SSSR count). The number of hydrogen-bond donors (Lipinski definition) is 1. The van der Waals surface area contributed by atoms with Gasteiger partial charge in [0.25, 0.3) is 5.56 Å². The highest BCUT2D eigenvalue weighted by Crippen LogP contribution is 2.26. The molecular weight excluding hydrogens is 328 g/mol. The van der Waals surface area contributed by atoms with Crippen LogP contribution >= 0.6 is 0 Å². The maximum Gasteiger partial charge on any atom is 0.251 e. The van der Waals surface area contributed by atoms with Gasteiger partial charge in [0, 0.05) is 56.1 Å². The summed E-state index contributed by atoms with van der Waals surface area (Å²) in [5.41, 5.74) is 2.00. The third kappa shape index (κ3) is 3.93. The van der Waals surface area contributed by atoms with Gasteiger partial charge in [-0.1, -0.05) is 0 Å². The number of aromatic amines is 1. The maximum absolute atomic E-state index is 11.7. The minimum Gasteiger partial charge on any atom is -0.341 e. The Hall–Kier alpha value is -2.28. The minimum atomic E-state index is -0.0597. The van der Waals surface area contributed by atoms with E-state index >= 15 is 0 Å². The van der Waals surface area contributed by atoms with Gasteiger partial charge in [-0.15, -0.1) is 0 Å². The third-order valence-electron chi connectivity index (χ3n) is 5.29. The Labute approximate surface area is 153 Å². The van der Waals surface area contributed by atoms with Crippen molar-refractivity contribution in [1.82, 2.24) is 24.8 Å². The number of aryl methyl sites for hydroxylation is 1. The molecule has 0 aromatic carbocycles. The molecule has 0 spiro atoms. The van der Waals surface area contributed by atoms with Crippen LogP contribution in [0.4, 0.5) is 5.95 Å². The standard InChI is InChI=1S/C19H26N6O/c1-14-22-17(9-18(26)23-14)16-5-4-6-24(13-16)12-15-10-20-19(21-11-15)25-7-2-3-8-25/h9-11,16H,2-8,12-13H2,1H3,(H,22,23,26). The predicted molar refractivity (Wildman–Crippen MR) is 100 cm³/mol. The Morgan fingerprint density at radius 2 is 1.92 bits per heavy atom. The van der Waals surface area contributed by atoms with Crippen LogP contribution in [0, 0.1) is 6.92 Å². The topological polar surface area (TPSA) is 78.0 Å². The van der Waals surface area contributed by atoms with Crippen molar-refractivity contribution in [2.24, 2.45) is 0 Å². The Bertz CT molecular complexity index is 796. The van der Waals surface area contributed by atoms with E-state index in [4.69, 9.17) is 0 Å². The Morgan fingerprint density at radius 1 is 1.15 bits per heavy atom. The van der Waals surface area contributed by atoms with Gasteiger partial charge in [-0.3, -0.25) is 9.69 Å². The molecule has 1 N–H and O–H groups in total. The number of anilines is 1. The van der Waals surface area contributed by atoms with Gasteiger partial charge in [0.05, 0.1) is 5.69 Å². The Kier molecular flexibility index (Phi) is 4.97. The Morgan fingerprint density at radius 3 is 2.65 bits per heavy atom. The summed E-state index contributed by atoms with van der Waals surface area (Å²) in [6.07, 6.45) is 8.58. The first-order valence-corrected chi connectivity index (χ1v) is 9.53. The summed E-state index contributed by atoms with van der Waals surface area (Å²) in [5, 5.41) is 0. The minimum absolute atomic E-state index is 0.0597. The molecule has 1 unspecified atom stereocenters. The lowest BCUT2D eigenvalue weighted by Crippen LogP contribution is -2.34. The number of likely N-dealkylation sites (tertiary alicyclic amines) is 1. The van der Waals surface area contributed by atoms with E-state index < -0.39 is 0 Å². The molecular formula is C19H26N6O. The highest BCUT2D eigenvalue weighted by atomic mass is 16.1. The molecule has 1 atom stereocenters. The molecule has 0 saturated carbocycles. The molecule has 26 heavy (non-hydrogen) atoms. The fourth-order valence-electron chi connectivity index (χ4n) is 4.02. The van der Waals surface area contributed by atoms with E-state index in [2.05, 4.69) is 29.7 Å². The molecule has 0 aliphatic carbocycles. The van der Waals surface area contributed by atoms with E-state index in [-0.39, 0.29) is 5.56 Å². The average molecular weight is 354 g/mol. The van der Waals surface area contributed by atoms with Crippen LogP contribution in [0.1, 0.15) is 48.7 Å². The molecule has 2 aromatic rings. The fraction of sp³-hybridized carbons (Fsp3) is 0.579. The molecule has 7 nitrogen and oxygen atoms in total. The molecule has 7 heteroatoms. The van der Waals surface area contributed by atoms with Gasteiger partial charge in [-0.05, 0) is 39.2 Å². The highest BCUT2D eigenvalue weighted by Gasteiger charge is 2.23. The number of nitrogens with zero attached hydrogens (tertiary/aromatic N) is 5. The summed E-state index contributed by atoms with van der Waals surface area (Å²) in [6.45, 7) is 6.80. The quantitative estimate of drug-likeness (QED) is 0.903. The number of aromatic nitrogens is 4. The average Bonchev–Trinajstić information content (AvgIpc) is 3.16. The molecule has 0 bridgehead atoms. The molecule has 0 radical (unpaired) electrons. The predicted octanol–water partition coefficient (Wildman–Crippen LogP) is 1.85. The van der Waals surface area contributed by atoms with Gasteiger partial charge >= 0.3 is 0 Å². The smallest absolute Gasteiger partial charge is 0.251 e. The van der Waals surface area contributed by atoms with Gasteiger partial charge < -0.3 is 9.88 Å². The van der Waals surface area contributed by atoms with Crippen molar-refractivity contribution in [3.05, 3.63) is 45.9 Å². The maximum atomic E-state index is 11.7. The van der Waals surface area contributed by atoms with Crippen molar-refractivity contribution in [2.45, 2.75) is 45.1 Å². The second-order valence-corrected chi connectivity index (χ2v) is 7.42. The first-order valence-electron chi connectivity index (χ1n) is 9.53. The first kappa shape index (κ1) is 17.1. The van der Waals surface area contributed by atoms with E-state index in [0.717, 1.165) is 62.8 Å². The van der Waals surface area contributed by atoms with Crippen molar-refractivity contribution in [3.63, 3.8) is 0 Å².